The van der Waals surface area contributed by atoms with E-state index in [0.29, 0.717) is 0 Å². The lowest BCUT2D eigenvalue weighted by molar-refractivity contribution is 0.626. The Hall–Kier alpha value is -5.86. The third kappa shape index (κ3) is 6.23. The number of rotatable bonds is 10. The van der Waals surface area contributed by atoms with Crippen LogP contribution in [-0.2, 0) is 10.8 Å². The summed E-state index contributed by atoms with van der Waals surface area (Å²) in [7, 11) is 0. The molecule has 2 aromatic heterocycles. The second-order valence-electron chi connectivity index (χ2n) is 15.3. The number of aromatic nitrogens is 2. The predicted molar refractivity (Wildman–Crippen MR) is 230 cm³/mol. The van der Waals surface area contributed by atoms with E-state index in [0.717, 1.165) is 16.9 Å². The first-order chi connectivity index (χ1) is 25.5. The van der Waals surface area contributed by atoms with Crippen molar-refractivity contribution >= 4 is 34.0 Å². The molecule has 0 fully saturated rings. The Morgan fingerprint density at radius 2 is 0.906 bits per heavy atom. The monoisotopic (exact) mass is 690 g/mol. The summed E-state index contributed by atoms with van der Waals surface area (Å²) >= 11 is 0. The van der Waals surface area contributed by atoms with Gasteiger partial charge >= 0.3 is 0 Å². The van der Waals surface area contributed by atoms with Crippen LogP contribution in [0.1, 0.15) is 79.4 Å². The highest BCUT2D eigenvalue weighted by atomic mass is 15.0. The summed E-state index contributed by atoms with van der Waals surface area (Å²) in [6.45, 7) is 23.7. The van der Waals surface area contributed by atoms with Crippen molar-refractivity contribution in [2.75, 3.05) is 0 Å². The molecular formula is C51H50N2. The third-order valence-electron chi connectivity index (χ3n) is 11.4. The van der Waals surface area contributed by atoms with E-state index in [2.05, 4.69) is 204 Å². The van der Waals surface area contributed by atoms with E-state index in [4.69, 9.17) is 0 Å². The van der Waals surface area contributed by atoms with Crippen molar-refractivity contribution in [2.45, 2.75) is 59.3 Å². The van der Waals surface area contributed by atoms with E-state index < -0.39 is 0 Å². The molecule has 0 saturated heterocycles. The zero-order valence-electron chi connectivity index (χ0n) is 32.2. The molecule has 0 unspecified atom stereocenters. The van der Waals surface area contributed by atoms with Gasteiger partial charge in [-0.3, -0.25) is 0 Å². The van der Waals surface area contributed by atoms with E-state index in [1.54, 1.807) is 0 Å². The van der Waals surface area contributed by atoms with Crippen LogP contribution in [0.5, 0.6) is 0 Å². The Balaban J connectivity index is 1.16. The van der Waals surface area contributed by atoms with Gasteiger partial charge in [-0.2, -0.15) is 0 Å². The average molecular weight is 691 g/mol. The fraction of sp³-hybridized carbons (Fsp3) is 0.176. The van der Waals surface area contributed by atoms with Gasteiger partial charge in [0.15, 0.2) is 0 Å². The zero-order chi connectivity index (χ0) is 37.5. The van der Waals surface area contributed by atoms with Crippen LogP contribution < -0.4 is 0 Å². The van der Waals surface area contributed by atoms with Gasteiger partial charge in [-0.25, -0.2) is 0 Å². The fourth-order valence-electron chi connectivity index (χ4n) is 7.90. The van der Waals surface area contributed by atoms with Crippen LogP contribution in [0.4, 0.5) is 0 Å². The summed E-state index contributed by atoms with van der Waals surface area (Å²) in [6.07, 6.45) is 10.2. The summed E-state index contributed by atoms with van der Waals surface area (Å²) < 4.78 is 4.73. The molecule has 264 valence electrons. The lowest BCUT2D eigenvalue weighted by Gasteiger charge is -2.30. The number of aryl methyl sites for hydroxylation is 2. The van der Waals surface area contributed by atoms with Gasteiger partial charge in [-0.1, -0.05) is 144 Å². The molecule has 0 aliphatic heterocycles. The van der Waals surface area contributed by atoms with Crippen LogP contribution in [0, 0.1) is 13.8 Å². The van der Waals surface area contributed by atoms with Gasteiger partial charge in [0.1, 0.15) is 0 Å². The number of allylic oxidation sites excluding steroid dienone is 4. The first-order valence-electron chi connectivity index (χ1n) is 18.6. The standard InChI is InChI=1S/C51H50N2/c1-10-12-19-46-36(4)44-17-13-15-20-47(44)52(46)42-30-26-40(27-31-42)50(6,7)38-22-24-39(25-23-38)51(8,9)41-28-32-43(33-29-41)53-48-21-16-14-18-45(48)37(5)49(53)34-35(3)11-2/h10-34H,1-2H2,3-9H3/b19-12-,35-34+. The molecular weight excluding hydrogens is 641 g/mol. The lowest BCUT2D eigenvalue weighted by Crippen LogP contribution is -2.21. The first kappa shape index (κ1) is 35.5. The highest BCUT2D eigenvalue weighted by Crippen LogP contribution is 2.38. The van der Waals surface area contributed by atoms with E-state index >= 15 is 0 Å². The summed E-state index contributed by atoms with van der Waals surface area (Å²) in [5, 5.41) is 2.54. The van der Waals surface area contributed by atoms with Crippen LogP contribution in [0.15, 0.2) is 158 Å². The molecule has 0 radical (unpaired) electrons. The summed E-state index contributed by atoms with van der Waals surface area (Å²) in [5.41, 5.74) is 15.6. The second-order valence-corrected chi connectivity index (χ2v) is 15.3. The lowest BCUT2D eigenvalue weighted by atomic mass is 9.74. The molecule has 0 saturated carbocycles. The topological polar surface area (TPSA) is 9.86 Å². The van der Waals surface area contributed by atoms with Crippen LogP contribution >= 0.6 is 0 Å². The SMILES string of the molecule is C=C/C=C\c1c(C)c2ccccc2n1-c1ccc(C(C)(C)c2ccc(C(C)(C)c3ccc(-n4c(/C=C(\C)C=C)c(C)c5ccccc54)cc3)cc2)cc1. The van der Waals surface area contributed by atoms with Gasteiger partial charge in [-0.05, 0) is 108 Å². The minimum atomic E-state index is -0.172. The molecule has 0 atom stereocenters. The maximum Gasteiger partial charge on any atom is 0.0537 e. The van der Waals surface area contributed by atoms with Crippen molar-refractivity contribution < 1.29 is 0 Å². The molecule has 7 aromatic rings. The molecule has 2 heteroatoms. The number of hydrogen-bond acceptors (Lipinski definition) is 0. The maximum atomic E-state index is 3.99. The van der Waals surface area contributed by atoms with Crippen LogP contribution in [0.25, 0.3) is 45.3 Å². The molecule has 0 aliphatic rings. The number of nitrogens with zero attached hydrogens (tertiary/aromatic N) is 2. The van der Waals surface area contributed by atoms with Crippen molar-refractivity contribution in [2.24, 2.45) is 0 Å². The summed E-state index contributed by atoms with van der Waals surface area (Å²) in [6, 6.07) is 44.8. The van der Waals surface area contributed by atoms with E-state index in [-0.39, 0.29) is 10.8 Å². The normalized spacial score (nSPS) is 12.6. The highest BCUT2D eigenvalue weighted by molar-refractivity contribution is 5.91. The maximum absolute atomic E-state index is 3.99. The predicted octanol–water partition coefficient (Wildman–Crippen LogP) is 13.6. The van der Waals surface area contributed by atoms with Crippen molar-refractivity contribution in [3.05, 3.63) is 203 Å². The Labute approximate surface area is 315 Å². The Bertz CT molecular complexity index is 2520. The van der Waals surface area contributed by atoms with Crippen molar-refractivity contribution in [1.29, 1.82) is 0 Å². The first-order valence-corrected chi connectivity index (χ1v) is 18.6. The molecule has 53 heavy (non-hydrogen) atoms. The van der Waals surface area contributed by atoms with Gasteiger partial charge in [0.05, 0.1) is 11.0 Å². The van der Waals surface area contributed by atoms with Crippen LogP contribution in [0.3, 0.4) is 0 Å². The minimum Gasteiger partial charge on any atom is -0.310 e. The minimum absolute atomic E-state index is 0.170. The molecule has 2 heterocycles. The molecule has 2 nitrogen and oxygen atoms in total. The third-order valence-corrected chi connectivity index (χ3v) is 11.4. The van der Waals surface area contributed by atoms with Gasteiger partial charge in [0.25, 0.3) is 0 Å². The molecule has 0 aliphatic carbocycles. The zero-order valence-corrected chi connectivity index (χ0v) is 32.2. The Morgan fingerprint density at radius 1 is 0.528 bits per heavy atom. The number of benzene rings is 5. The van der Waals surface area contributed by atoms with Crippen molar-refractivity contribution in [1.82, 2.24) is 9.13 Å². The van der Waals surface area contributed by atoms with Gasteiger partial charge in [0, 0.05) is 44.4 Å². The number of fused-ring (bicyclic) bond motifs is 2. The van der Waals surface area contributed by atoms with Crippen LogP contribution in [0.2, 0.25) is 0 Å². The molecule has 0 spiro atoms. The molecule has 0 N–H and O–H groups in total. The van der Waals surface area contributed by atoms with E-state index in [9.17, 15) is 0 Å². The Kier molecular flexibility index (Phi) is 9.34. The average Bonchev–Trinajstić information content (AvgIpc) is 3.63. The van der Waals surface area contributed by atoms with Crippen LogP contribution in [-0.4, -0.2) is 9.13 Å². The summed E-state index contributed by atoms with van der Waals surface area (Å²) in [4.78, 5) is 0. The Morgan fingerprint density at radius 3 is 1.32 bits per heavy atom. The smallest absolute Gasteiger partial charge is 0.0537 e. The quantitative estimate of drug-likeness (QED) is 0.126. The highest BCUT2D eigenvalue weighted by Gasteiger charge is 2.27. The van der Waals surface area contributed by atoms with Crippen molar-refractivity contribution in [3.8, 4) is 11.4 Å². The van der Waals surface area contributed by atoms with Gasteiger partial charge in [-0.15, -0.1) is 0 Å². The molecule has 0 bridgehead atoms. The summed E-state index contributed by atoms with van der Waals surface area (Å²) in [5.74, 6) is 0. The van der Waals surface area contributed by atoms with E-state index in [1.807, 2.05) is 18.2 Å². The number of para-hydroxylation sites is 2. The molecule has 7 rings (SSSR count). The van der Waals surface area contributed by atoms with Crippen molar-refractivity contribution in [3.63, 3.8) is 0 Å². The molecule has 5 aromatic carbocycles. The molecule has 0 amide bonds. The van der Waals surface area contributed by atoms with Gasteiger partial charge in [0.2, 0.25) is 0 Å². The number of hydrogen-bond donors (Lipinski definition) is 0. The van der Waals surface area contributed by atoms with E-state index in [1.165, 1.54) is 66.6 Å². The van der Waals surface area contributed by atoms with Gasteiger partial charge < -0.3 is 9.13 Å². The fourth-order valence-corrected chi connectivity index (χ4v) is 7.90. The largest absolute Gasteiger partial charge is 0.310 e. The second kappa shape index (κ2) is 13.9.